The SMILES string of the molecule is CCNC(=NCc1cccc(C(N)=O)c1)N1CCN(c2ccccn2)CC1.I. The molecule has 3 N–H and O–H groups in total. The number of halogens is 1. The largest absolute Gasteiger partial charge is 0.366 e. The molecule has 0 spiro atoms. The molecule has 0 saturated carbocycles. The number of anilines is 1. The van der Waals surface area contributed by atoms with E-state index in [1.807, 2.05) is 36.5 Å². The number of aromatic nitrogens is 1. The van der Waals surface area contributed by atoms with E-state index in [9.17, 15) is 4.79 Å². The molecule has 1 aliphatic heterocycles. The molecule has 0 unspecified atom stereocenters. The van der Waals surface area contributed by atoms with E-state index < -0.39 is 5.91 Å². The molecule has 8 heteroatoms. The Morgan fingerprint density at radius 2 is 1.96 bits per heavy atom. The number of nitrogens with zero attached hydrogens (tertiary/aromatic N) is 4. The van der Waals surface area contributed by atoms with Crippen molar-refractivity contribution in [2.45, 2.75) is 13.5 Å². The Morgan fingerprint density at radius 3 is 2.61 bits per heavy atom. The van der Waals surface area contributed by atoms with Crippen LogP contribution in [0.15, 0.2) is 53.7 Å². The number of carbonyl (C=O) groups is 1. The molecular weight excluding hydrogens is 467 g/mol. The molecule has 0 atom stereocenters. The minimum Gasteiger partial charge on any atom is -0.366 e. The molecule has 28 heavy (non-hydrogen) atoms. The highest BCUT2D eigenvalue weighted by Crippen LogP contribution is 2.13. The Kier molecular flexibility index (Phi) is 8.49. The third kappa shape index (κ3) is 5.82. The smallest absolute Gasteiger partial charge is 0.248 e. The van der Waals surface area contributed by atoms with E-state index >= 15 is 0 Å². The highest BCUT2D eigenvalue weighted by atomic mass is 127. The molecule has 0 aliphatic carbocycles. The number of piperazine rings is 1. The Morgan fingerprint density at radius 1 is 1.18 bits per heavy atom. The molecule has 3 rings (SSSR count). The van der Waals surface area contributed by atoms with Gasteiger partial charge in [-0.05, 0) is 36.8 Å². The Hall–Kier alpha value is -2.36. The first-order valence-corrected chi connectivity index (χ1v) is 9.25. The Labute approximate surface area is 183 Å². The predicted octanol–water partition coefficient (Wildman–Crippen LogP) is 2.09. The van der Waals surface area contributed by atoms with Crippen LogP contribution in [0.25, 0.3) is 0 Å². The molecule has 2 aromatic rings. The lowest BCUT2D eigenvalue weighted by atomic mass is 10.1. The monoisotopic (exact) mass is 494 g/mol. The van der Waals surface area contributed by atoms with E-state index in [2.05, 4.69) is 27.0 Å². The molecule has 1 aromatic carbocycles. The van der Waals surface area contributed by atoms with Crippen molar-refractivity contribution < 1.29 is 4.79 Å². The van der Waals surface area contributed by atoms with E-state index in [1.165, 1.54) is 0 Å². The lowest BCUT2D eigenvalue weighted by molar-refractivity contribution is 0.1000. The first-order chi connectivity index (χ1) is 13.2. The van der Waals surface area contributed by atoms with Gasteiger partial charge in [-0.15, -0.1) is 24.0 Å². The van der Waals surface area contributed by atoms with Gasteiger partial charge in [0.2, 0.25) is 5.91 Å². The maximum absolute atomic E-state index is 11.3. The number of benzene rings is 1. The van der Waals surface area contributed by atoms with E-state index in [-0.39, 0.29) is 24.0 Å². The highest BCUT2D eigenvalue weighted by molar-refractivity contribution is 14.0. The maximum atomic E-state index is 11.3. The van der Waals surface area contributed by atoms with Gasteiger partial charge in [0, 0.05) is 44.5 Å². The number of nitrogens with two attached hydrogens (primary N) is 1. The van der Waals surface area contributed by atoms with Crippen molar-refractivity contribution in [2.24, 2.45) is 10.7 Å². The molecule has 150 valence electrons. The molecule has 2 heterocycles. The molecule has 1 amide bonds. The van der Waals surface area contributed by atoms with Gasteiger partial charge >= 0.3 is 0 Å². The van der Waals surface area contributed by atoms with Crippen LogP contribution in [-0.4, -0.2) is 54.5 Å². The number of carbonyl (C=O) groups excluding carboxylic acids is 1. The zero-order valence-electron chi connectivity index (χ0n) is 16.0. The number of pyridine rings is 1. The fraction of sp³-hybridized carbons (Fsp3) is 0.350. The second kappa shape index (κ2) is 10.8. The second-order valence-corrected chi connectivity index (χ2v) is 6.40. The van der Waals surface area contributed by atoms with Crippen molar-refractivity contribution in [3.05, 3.63) is 59.8 Å². The lowest BCUT2D eigenvalue weighted by Crippen LogP contribution is -2.52. The Balaban J connectivity index is 0.00000280. The van der Waals surface area contributed by atoms with Gasteiger partial charge < -0.3 is 20.9 Å². The van der Waals surface area contributed by atoms with Gasteiger partial charge in [-0.1, -0.05) is 18.2 Å². The molecule has 7 nitrogen and oxygen atoms in total. The lowest BCUT2D eigenvalue weighted by Gasteiger charge is -2.37. The van der Waals surface area contributed by atoms with E-state index in [1.54, 1.807) is 12.1 Å². The number of hydrogen-bond donors (Lipinski definition) is 2. The van der Waals surface area contributed by atoms with Gasteiger partial charge in [0.05, 0.1) is 6.54 Å². The first-order valence-electron chi connectivity index (χ1n) is 9.25. The van der Waals surface area contributed by atoms with Crippen molar-refractivity contribution in [1.82, 2.24) is 15.2 Å². The zero-order chi connectivity index (χ0) is 19.1. The fourth-order valence-electron chi connectivity index (χ4n) is 3.10. The molecule has 1 aromatic heterocycles. The summed E-state index contributed by atoms with van der Waals surface area (Å²) in [6.45, 7) is 6.93. The van der Waals surface area contributed by atoms with Crippen molar-refractivity contribution in [3.8, 4) is 0 Å². The fourth-order valence-corrected chi connectivity index (χ4v) is 3.10. The van der Waals surface area contributed by atoms with Gasteiger partial charge in [-0.3, -0.25) is 4.79 Å². The molecule has 1 fully saturated rings. The average Bonchev–Trinajstić information content (AvgIpc) is 2.72. The molecule has 0 radical (unpaired) electrons. The summed E-state index contributed by atoms with van der Waals surface area (Å²) in [5.74, 6) is 1.49. The van der Waals surface area contributed by atoms with Crippen LogP contribution in [0.2, 0.25) is 0 Å². The molecule has 1 saturated heterocycles. The number of nitrogens with one attached hydrogen (secondary N) is 1. The van der Waals surface area contributed by atoms with Crippen LogP contribution < -0.4 is 16.0 Å². The van der Waals surface area contributed by atoms with Crippen LogP contribution in [0.3, 0.4) is 0 Å². The number of amides is 1. The van der Waals surface area contributed by atoms with Crippen LogP contribution in [0.1, 0.15) is 22.8 Å². The number of hydrogen-bond acceptors (Lipinski definition) is 4. The van der Waals surface area contributed by atoms with Gasteiger partial charge in [0.1, 0.15) is 5.82 Å². The molecule has 1 aliphatic rings. The quantitative estimate of drug-likeness (QED) is 0.378. The average molecular weight is 494 g/mol. The van der Waals surface area contributed by atoms with Gasteiger partial charge in [0.15, 0.2) is 5.96 Å². The number of guanidine groups is 1. The summed E-state index contributed by atoms with van der Waals surface area (Å²) >= 11 is 0. The highest BCUT2D eigenvalue weighted by Gasteiger charge is 2.20. The first kappa shape index (κ1) is 21.9. The minimum atomic E-state index is -0.418. The van der Waals surface area contributed by atoms with Crippen molar-refractivity contribution >= 4 is 41.7 Å². The van der Waals surface area contributed by atoms with E-state index in [0.29, 0.717) is 12.1 Å². The Bertz CT molecular complexity index is 790. The zero-order valence-corrected chi connectivity index (χ0v) is 18.4. The summed E-state index contributed by atoms with van der Waals surface area (Å²) in [4.78, 5) is 25.1. The van der Waals surface area contributed by atoms with Crippen LogP contribution in [0.5, 0.6) is 0 Å². The van der Waals surface area contributed by atoms with Gasteiger partial charge in [-0.2, -0.15) is 0 Å². The summed E-state index contributed by atoms with van der Waals surface area (Å²) in [5, 5.41) is 3.36. The number of primary amides is 1. The van der Waals surface area contributed by atoms with E-state index in [0.717, 1.165) is 50.1 Å². The number of rotatable bonds is 5. The van der Waals surface area contributed by atoms with E-state index in [4.69, 9.17) is 10.7 Å². The summed E-state index contributed by atoms with van der Waals surface area (Å²) in [6.07, 6.45) is 1.83. The van der Waals surface area contributed by atoms with Crippen LogP contribution in [-0.2, 0) is 6.54 Å². The number of aliphatic imine (C=N–C) groups is 1. The summed E-state index contributed by atoms with van der Waals surface area (Å²) in [7, 11) is 0. The summed E-state index contributed by atoms with van der Waals surface area (Å²) in [5.41, 5.74) is 6.84. The normalized spacial score (nSPS) is 14.4. The van der Waals surface area contributed by atoms with Crippen LogP contribution >= 0.6 is 24.0 Å². The van der Waals surface area contributed by atoms with Crippen molar-refractivity contribution in [1.29, 1.82) is 0 Å². The van der Waals surface area contributed by atoms with Crippen LogP contribution in [0.4, 0.5) is 5.82 Å². The molecule has 0 bridgehead atoms. The predicted molar refractivity (Wildman–Crippen MR) is 123 cm³/mol. The maximum Gasteiger partial charge on any atom is 0.248 e. The van der Waals surface area contributed by atoms with Crippen LogP contribution in [0, 0.1) is 0 Å². The third-order valence-electron chi connectivity index (χ3n) is 4.51. The van der Waals surface area contributed by atoms with Crippen molar-refractivity contribution in [2.75, 3.05) is 37.6 Å². The van der Waals surface area contributed by atoms with Gasteiger partial charge in [0.25, 0.3) is 0 Å². The topological polar surface area (TPSA) is 86.8 Å². The standard InChI is InChI=1S/C20H26N6O.HI/c1-2-22-20(24-15-16-6-5-7-17(14-16)19(21)27)26-12-10-25(11-13-26)18-8-3-4-9-23-18;/h3-9,14H,2,10-13,15H2,1H3,(H2,21,27)(H,22,24);1H. The third-order valence-corrected chi connectivity index (χ3v) is 4.51. The van der Waals surface area contributed by atoms with Gasteiger partial charge in [-0.25, -0.2) is 9.98 Å². The second-order valence-electron chi connectivity index (χ2n) is 6.40. The minimum absolute atomic E-state index is 0. The van der Waals surface area contributed by atoms with Crippen molar-refractivity contribution in [3.63, 3.8) is 0 Å². The summed E-state index contributed by atoms with van der Waals surface area (Å²) in [6, 6.07) is 13.3. The molecular formula is C20H27IN6O. The summed E-state index contributed by atoms with van der Waals surface area (Å²) < 4.78 is 0.